The highest BCUT2D eigenvalue weighted by atomic mass is 16.5. The molecule has 0 bridgehead atoms. The first-order valence-electron chi connectivity index (χ1n) is 9.44. The first-order chi connectivity index (χ1) is 13.1. The van der Waals surface area contributed by atoms with Gasteiger partial charge in [-0.25, -0.2) is 9.97 Å². The third-order valence-corrected chi connectivity index (χ3v) is 4.58. The predicted molar refractivity (Wildman–Crippen MR) is 104 cm³/mol. The van der Waals surface area contributed by atoms with Crippen molar-refractivity contribution in [1.82, 2.24) is 19.9 Å². The van der Waals surface area contributed by atoms with Gasteiger partial charge in [0, 0.05) is 39.0 Å². The highest BCUT2D eigenvalue weighted by molar-refractivity contribution is 5.78. The van der Waals surface area contributed by atoms with Gasteiger partial charge < -0.3 is 14.5 Å². The number of hydrogen-bond donors (Lipinski definition) is 0. The summed E-state index contributed by atoms with van der Waals surface area (Å²) in [5.41, 5.74) is 2.73. The smallest absolute Gasteiger partial charge is 0.248 e. The van der Waals surface area contributed by atoms with Gasteiger partial charge in [-0.1, -0.05) is 19.4 Å². The van der Waals surface area contributed by atoms with Gasteiger partial charge in [0.05, 0.1) is 12.2 Å². The van der Waals surface area contributed by atoms with Gasteiger partial charge in [-0.3, -0.25) is 9.78 Å². The Morgan fingerprint density at radius 2 is 2.15 bits per heavy atom. The second-order valence-electron chi connectivity index (χ2n) is 6.88. The van der Waals surface area contributed by atoms with E-state index in [0.29, 0.717) is 25.5 Å². The van der Waals surface area contributed by atoms with E-state index in [4.69, 9.17) is 14.7 Å². The average Bonchev–Trinajstić information content (AvgIpc) is 2.70. The van der Waals surface area contributed by atoms with Crippen LogP contribution < -0.4 is 4.90 Å². The first kappa shape index (κ1) is 19.2. The first-order valence-corrected chi connectivity index (χ1v) is 9.44. The second-order valence-corrected chi connectivity index (χ2v) is 6.88. The van der Waals surface area contributed by atoms with Gasteiger partial charge in [-0.2, -0.15) is 0 Å². The van der Waals surface area contributed by atoms with E-state index in [-0.39, 0.29) is 12.5 Å². The summed E-state index contributed by atoms with van der Waals surface area (Å²) in [6.45, 7) is 4.01. The number of amides is 1. The fourth-order valence-electron chi connectivity index (χ4n) is 3.10. The van der Waals surface area contributed by atoms with E-state index in [0.717, 1.165) is 42.0 Å². The Hall–Kier alpha value is -2.54. The van der Waals surface area contributed by atoms with Crippen LogP contribution in [0, 0.1) is 0 Å². The number of anilines is 1. The van der Waals surface area contributed by atoms with Crippen LogP contribution in [0.2, 0.25) is 0 Å². The third kappa shape index (κ3) is 4.60. The zero-order chi connectivity index (χ0) is 19.2. The quantitative estimate of drug-likeness (QED) is 0.698. The molecule has 0 aliphatic carbocycles. The van der Waals surface area contributed by atoms with E-state index in [9.17, 15) is 4.79 Å². The van der Waals surface area contributed by atoms with Crippen molar-refractivity contribution in [2.75, 3.05) is 38.8 Å². The van der Waals surface area contributed by atoms with E-state index >= 15 is 0 Å². The van der Waals surface area contributed by atoms with Crippen molar-refractivity contribution in [3.8, 4) is 11.5 Å². The molecule has 27 heavy (non-hydrogen) atoms. The van der Waals surface area contributed by atoms with Crippen LogP contribution >= 0.6 is 0 Å². The minimum Gasteiger partial charge on any atom is -0.372 e. The fraction of sp³-hybridized carbons (Fsp3) is 0.500. The maximum absolute atomic E-state index is 12.5. The summed E-state index contributed by atoms with van der Waals surface area (Å²) in [6.07, 6.45) is 4.51. The molecule has 7 nitrogen and oxygen atoms in total. The molecule has 0 fully saturated rings. The maximum atomic E-state index is 12.5. The Bertz CT molecular complexity index is 779. The molecule has 144 valence electrons. The zero-order valence-electron chi connectivity index (χ0n) is 16.3. The van der Waals surface area contributed by atoms with Crippen molar-refractivity contribution in [2.24, 2.45) is 0 Å². The van der Waals surface area contributed by atoms with Crippen LogP contribution in [-0.2, 0) is 22.5 Å². The van der Waals surface area contributed by atoms with Crippen LogP contribution in [0.4, 0.5) is 5.82 Å². The third-order valence-electron chi connectivity index (χ3n) is 4.58. The van der Waals surface area contributed by atoms with Gasteiger partial charge in [0.25, 0.3) is 0 Å². The van der Waals surface area contributed by atoms with Gasteiger partial charge >= 0.3 is 0 Å². The Morgan fingerprint density at radius 1 is 1.30 bits per heavy atom. The average molecular weight is 369 g/mol. The summed E-state index contributed by atoms with van der Waals surface area (Å²) < 4.78 is 5.49. The predicted octanol–water partition coefficient (Wildman–Crippen LogP) is 2.31. The normalized spacial score (nSPS) is 13.4. The van der Waals surface area contributed by atoms with Crippen molar-refractivity contribution in [1.29, 1.82) is 0 Å². The molecule has 0 aromatic carbocycles. The van der Waals surface area contributed by atoms with Crippen LogP contribution in [-0.4, -0.2) is 59.6 Å². The summed E-state index contributed by atoms with van der Waals surface area (Å²) in [4.78, 5) is 30.1. The minimum absolute atomic E-state index is 0.0150. The number of aromatic nitrogens is 3. The lowest BCUT2D eigenvalue weighted by molar-refractivity contribution is -0.137. The van der Waals surface area contributed by atoms with Gasteiger partial charge in [0.2, 0.25) is 5.91 Å². The number of nitrogens with zero attached hydrogens (tertiary/aromatic N) is 5. The van der Waals surface area contributed by atoms with Crippen LogP contribution in [0.1, 0.15) is 31.0 Å². The molecule has 3 rings (SSSR count). The number of unbranched alkanes of at least 4 members (excludes halogenated alkanes) is 1. The SMILES string of the molecule is CCCCOCC(=O)N1CCc2c(nc(-c3ccccn3)nc2N(C)C)C1. The van der Waals surface area contributed by atoms with Gasteiger partial charge in [0.15, 0.2) is 5.82 Å². The number of hydrogen-bond acceptors (Lipinski definition) is 6. The van der Waals surface area contributed by atoms with Crippen molar-refractivity contribution in [3.63, 3.8) is 0 Å². The standard InChI is InChI=1S/C20H27N5O2/c1-4-5-12-27-14-18(26)25-11-9-15-17(13-25)22-19(23-20(15)24(2)3)16-8-6-7-10-21-16/h6-8,10H,4-5,9,11-14H2,1-3H3. The zero-order valence-corrected chi connectivity index (χ0v) is 16.3. The molecule has 1 amide bonds. The van der Waals surface area contributed by atoms with Gasteiger partial charge in [0.1, 0.15) is 18.1 Å². The monoisotopic (exact) mass is 369 g/mol. The van der Waals surface area contributed by atoms with Crippen molar-refractivity contribution >= 4 is 11.7 Å². The van der Waals surface area contributed by atoms with Crippen molar-refractivity contribution in [3.05, 3.63) is 35.7 Å². The topological polar surface area (TPSA) is 71.5 Å². The molecular weight excluding hydrogens is 342 g/mol. The number of carbonyl (C=O) groups is 1. The summed E-state index contributed by atoms with van der Waals surface area (Å²) in [5, 5.41) is 0. The summed E-state index contributed by atoms with van der Waals surface area (Å²) in [6, 6.07) is 5.69. The summed E-state index contributed by atoms with van der Waals surface area (Å²) in [7, 11) is 3.95. The van der Waals surface area contributed by atoms with Gasteiger partial charge in [-0.05, 0) is 25.0 Å². The molecule has 7 heteroatoms. The van der Waals surface area contributed by atoms with E-state index in [1.165, 1.54) is 0 Å². The second kappa shape index (κ2) is 8.90. The molecule has 0 saturated heterocycles. The molecule has 0 radical (unpaired) electrons. The van der Waals surface area contributed by atoms with Crippen molar-refractivity contribution < 1.29 is 9.53 Å². The lowest BCUT2D eigenvalue weighted by atomic mass is 10.0. The van der Waals surface area contributed by atoms with E-state index < -0.39 is 0 Å². The Balaban J connectivity index is 1.82. The molecule has 2 aromatic heterocycles. The Kier molecular flexibility index (Phi) is 6.34. The molecular formula is C20H27N5O2. The molecule has 0 atom stereocenters. The number of rotatable bonds is 7. The fourth-order valence-corrected chi connectivity index (χ4v) is 3.10. The molecule has 0 spiro atoms. The van der Waals surface area contributed by atoms with Crippen molar-refractivity contribution in [2.45, 2.75) is 32.7 Å². The molecule has 1 aliphatic rings. The Labute approximate surface area is 160 Å². The number of carbonyl (C=O) groups excluding carboxylic acids is 1. The molecule has 0 N–H and O–H groups in total. The van der Waals surface area contributed by atoms with E-state index in [2.05, 4.69) is 11.9 Å². The summed E-state index contributed by atoms with van der Waals surface area (Å²) in [5.74, 6) is 1.50. The molecule has 3 heterocycles. The highest BCUT2D eigenvalue weighted by Gasteiger charge is 2.26. The summed E-state index contributed by atoms with van der Waals surface area (Å²) >= 11 is 0. The number of ether oxygens (including phenoxy) is 1. The molecule has 1 aliphatic heterocycles. The highest BCUT2D eigenvalue weighted by Crippen LogP contribution is 2.28. The Morgan fingerprint density at radius 3 is 2.85 bits per heavy atom. The van der Waals surface area contributed by atoms with Gasteiger partial charge in [-0.15, -0.1) is 0 Å². The molecule has 0 saturated carbocycles. The van der Waals surface area contributed by atoms with E-state index in [1.807, 2.05) is 42.1 Å². The van der Waals surface area contributed by atoms with Crippen LogP contribution in [0.3, 0.4) is 0 Å². The maximum Gasteiger partial charge on any atom is 0.248 e. The van der Waals surface area contributed by atoms with Crippen LogP contribution in [0.15, 0.2) is 24.4 Å². The number of pyridine rings is 1. The van der Waals surface area contributed by atoms with Crippen LogP contribution in [0.5, 0.6) is 0 Å². The number of fused-ring (bicyclic) bond motifs is 1. The lowest BCUT2D eigenvalue weighted by Crippen LogP contribution is -2.39. The largest absolute Gasteiger partial charge is 0.372 e. The lowest BCUT2D eigenvalue weighted by Gasteiger charge is -2.30. The van der Waals surface area contributed by atoms with E-state index in [1.54, 1.807) is 6.20 Å². The molecule has 2 aromatic rings. The molecule has 0 unspecified atom stereocenters. The minimum atomic E-state index is 0.0150. The van der Waals surface area contributed by atoms with Crippen LogP contribution in [0.25, 0.3) is 11.5 Å².